The van der Waals surface area contributed by atoms with E-state index in [4.69, 9.17) is 0 Å². The van der Waals surface area contributed by atoms with Crippen LogP contribution in [0.25, 0.3) is 0 Å². The Balaban J connectivity index is 3.63. The van der Waals surface area contributed by atoms with Gasteiger partial charge in [0.15, 0.2) is 0 Å². The summed E-state index contributed by atoms with van der Waals surface area (Å²) in [5.74, 6) is 0.168. The van der Waals surface area contributed by atoms with E-state index in [1.54, 1.807) is 0 Å². The zero-order valence-electron chi connectivity index (χ0n) is 6.99. The predicted molar refractivity (Wildman–Crippen MR) is 45.9 cm³/mol. The van der Waals surface area contributed by atoms with Crippen molar-refractivity contribution in [2.24, 2.45) is 0 Å². The highest BCUT2D eigenvalue weighted by atomic mass is 32.2. The highest BCUT2D eigenvalue weighted by molar-refractivity contribution is 7.84. The highest BCUT2D eigenvalue weighted by Gasteiger charge is 2.15. The first-order valence-corrected chi connectivity index (χ1v) is 5.46. The molecule has 0 aromatic carbocycles. The first kappa shape index (κ1) is 11.1. The SMILES string of the molecule is CCC[C@@H](O)[C@@H](O)C[S@](C)=O. The summed E-state index contributed by atoms with van der Waals surface area (Å²) in [6, 6.07) is 0. The monoisotopic (exact) mass is 180 g/mol. The molecule has 3 atom stereocenters. The lowest BCUT2D eigenvalue weighted by atomic mass is 10.1. The van der Waals surface area contributed by atoms with Crippen LogP contribution < -0.4 is 0 Å². The van der Waals surface area contributed by atoms with E-state index in [0.29, 0.717) is 6.42 Å². The molecule has 2 N–H and O–H groups in total. The minimum Gasteiger partial charge on any atom is -0.390 e. The molecule has 0 aliphatic rings. The molecule has 0 aromatic rings. The summed E-state index contributed by atoms with van der Waals surface area (Å²) in [6.45, 7) is 1.93. The largest absolute Gasteiger partial charge is 0.390 e. The van der Waals surface area contributed by atoms with Crippen molar-refractivity contribution in [2.45, 2.75) is 32.0 Å². The molecule has 0 fully saturated rings. The van der Waals surface area contributed by atoms with Gasteiger partial charge >= 0.3 is 0 Å². The molecular formula is C7H16O3S. The van der Waals surface area contributed by atoms with E-state index in [0.717, 1.165) is 6.42 Å². The van der Waals surface area contributed by atoms with Crippen molar-refractivity contribution in [3.8, 4) is 0 Å². The summed E-state index contributed by atoms with van der Waals surface area (Å²) < 4.78 is 10.6. The third-order valence-electron chi connectivity index (χ3n) is 1.43. The van der Waals surface area contributed by atoms with Crippen molar-refractivity contribution in [3.05, 3.63) is 0 Å². The van der Waals surface area contributed by atoms with Crippen LogP contribution in [-0.4, -0.2) is 38.6 Å². The Morgan fingerprint density at radius 1 is 1.36 bits per heavy atom. The Bertz CT molecular complexity index is 127. The second kappa shape index (κ2) is 5.69. The number of aliphatic hydroxyl groups excluding tert-OH is 2. The predicted octanol–water partition coefficient (Wildman–Crippen LogP) is -0.113. The number of hydrogen-bond acceptors (Lipinski definition) is 3. The van der Waals surface area contributed by atoms with Crippen LogP contribution in [0.2, 0.25) is 0 Å². The van der Waals surface area contributed by atoms with Crippen LogP contribution in [0.4, 0.5) is 0 Å². The molecule has 0 rings (SSSR count). The number of rotatable bonds is 5. The van der Waals surface area contributed by atoms with Gasteiger partial charge in [0.1, 0.15) is 0 Å². The Hall–Kier alpha value is 0.0700. The Morgan fingerprint density at radius 3 is 2.27 bits per heavy atom. The summed E-state index contributed by atoms with van der Waals surface area (Å²) in [7, 11) is -1.03. The van der Waals surface area contributed by atoms with Crippen LogP contribution in [0.15, 0.2) is 0 Å². The minimum absolute atomic E-state index is 0.168. The molecule has 0 bridgehead atoms. The second-order valence-corrected chi connectivity index (χ2v) is 4.14. The normalized spacial score (nSPS) is 19.3. The molecule has 0 aromatic heterocycles. The van der Waals surface area contributed by atoms with Crippen LogP contribution in [0, 0.1) is 0 Å². The Labute approximate surface area is 69.9 Å². The molecule has 0 amide bonds. The summed E-state index contributed by atoms with van der Waals surface area (Å²) in [5.41, 5.74) is 0. The maximum absolute atomic E-state index is 10.6. The van der Waals surface area contributed by atoms with Gasteiger partial charge in [-0.25, -0.2) is 0 Å². The van der Waals surface area contributed by atoms with Crippen molar-refractivity contribution in [2.75, 3.05) is 12.0 Å². The summed E-state index contributed by atoms with van der Waals surface area (Å²) in [5, 5.41) is 18.4. The zero-order chi connectivity index (χ0) is 8.85. The standard InChI is InChI=1S/C7H16O3S/c1-3-4-6(8)7(9)5-11(2)10/h6-9H,3-5H2,1-2H3/t6-,7+,11+/m1/s1. The van der Waals surface area contributed by atoms with Crippen LogP contribution in [-0.2, 0) is 10.8 Å². The average molecular weight is 180 g/mol. The van der Waals surface area contributed by atoms with Crippen LogP contribution in [0.5, 0.6) is 0 Å². The molecule has 0 aliphatic heterocycles. The number of aliphatic hydroxyl groups is 2. The molecule has 3 nitrogen and oxygen atoms in total. The third kappa shape index (κ3) is 5.35. The molecule has 0 aliphatic carbocycles. The second-order valence-electron chi connectivity index (χ2n) is 2.66. The fourth-order valence-corrected chi connectivity index (χ4v) is 1.54. The fraction of sp³-hybridized carbons (Fsp3) is 1.00. The Kier molecular flexibility index (Phi) is 5.72. The number of hydrogen-bond donors (Lipinski definition) is 2. The topological polar surface area (TPSA) is 57.5 Å². The molecular weight excluding hydrogens is 164 g/mol. The van der Waals surface area contributed by atoms with Gasteiger partial charge in [0, 0.05) is 17.1 Å². The van der Waals surface area contributed by atoms with E-state index in [1.807, 2.05) is 6.92 Å². The van der Waals surface area contributed by atoms with Gasteiger partial charge in [-0.1, -0.05) is 13.3 Å². The molecule has 0 unspecified atom stereocenters. The van der Waals surface area contributed by atoms with Crippen molar-refractivity contribution in [3.63, 3.8) is 0 Å². The van der Waals surface area contributed by atoms with E-state index >= 15 is 0 Å². The van der Waals surface area contributed by atoms with Gasteiger partial charge in [-0.2, -0.15) is 0 Å². The summed E-state index contributed by atoms with van der Waals surface area (Å²) >= 11 is 0. The smallest absolute Gasteiger partial charge is 0.0913 e. The highest BCUT2D eigenvalue weighted by Crippen LogP contribution is 2.02. The first-order chi connectivity index (χ1) is 5.07. The van der Waals surface area contributed by atoms with Crippen molar-refractivity contribution in [1.82, 2.24) is 0 Å². The van der Waals surface area contributed by atoms with Crippen LogP contribution in [0.1, 0.15) is 19.8 Å². The molecule has 0 saturated heterocycles. The van der Waals surface area contributed by atoms with Gasteiger partial charge in [-0.15, -0.1) is 0 Å². The van der Waals surface area contributed by atoms with Gasteiger partial charge in [0.05, 0.1) is 18.0 Å². The van der Waals surface area contributed by atoms with E-state index in [1.165, 1.54) is 6.26 Å². The van der Waals surface area contributed by atoms with Gasteiger partial charge in [-0.05, 0) is 6.42 Å². The quantitative estimate of drug-likeness (QED) is 0.620. The lowest BCUT2D eigenvalue weighted by molar-refractivity contribution is 0.0283. The third-order valence-corrected chi connectivity index (χ3v) is 2.24. The molecule has 11 heavy (non-hydrogen) atoms. The van der Waals surface area contributed by atoms with E-state index in [9.17, 15) is 14.4 Å². The lowest BCUT2D eigenvalue weighted by Crippen LogP contribution is -2.30. The molecule has 68 valence electrons. The zero-order valence-corrected chi connectivity index (χ0v) is 7.80. The fourth-order valence-electron chi connectivity index (χ4n) is 0.840. The average Bonchev–Trinajstić information content (AvgIpc) is 1.86. The molecule has 0 spiro atoms. The van der Waals surface area contributed by atoms with Gasteiger partial charge in [-0.3, -0.25) is 4.21 Å². The van der Waals surface area contributed by atoms with Gasteiger partial charge in [0.25, 0.3) is 0 Å². The van der Waals surface area contributed by atoms with E-state index in [-0.39, 0.29) is 5.75 Å². The molecule has 0 heterocycles. The molecule has 4 heteroatoms. The van der Waals surface area contributed by atoms with E-state index < -0.39 is 23.0 Å². The lowest BCUT2D eigenvalue weighted by Gasteiger charge is -2.15. The van der Waals surface area contributed by atoms with Gasteiger partial charge < -0.3 is 10.2 Å². The van der Waals surface area contributed by atoms with Gasteiger partial charge in [0.2, 0.25) is 0 Å². The van der Waals surface area contributed by atoms with Crippen molar-refractivity contribution in [1.29, 1.82) is 0 Å². The van der Waals surface area contributed by atoms with Crippen molar-refractivity contribution >= 4 is 10.8 Å². The van der Waals surface area contributed by atoms with Crippen molar-refractivity contribution < 1.29 is 14.4 Å². The van der Waals surface area contributed by atoms with E-state index in [2.05, 4.69) is 0 Å². The Morgan fingerprint density at radius 2 is 1.91 bits per heavy atom. The maximum Gasteiger partial charge on any atom is 0.0913 e. The first-order valence-electron chi connectivity index (χ1n) is 3.74. The van der Waals surface area contributed by atoms with Crippen LogP contribution in [0.3, 0.4) is 0 Å². The summed E-state index contributed by atoms with van der Waals surface area (Å²) in [4.78, 5) is 0. The van der Waals surface area contributed by atoms with Crippen LogP contribution >= 0.6 is 0 Å². The summed E-state index contributed by atoms with van der Waals surface area (Å²) in [6.07, 6.45) is 1.36. The molecule has 0 radical (unpaired) electrons. The maximum atomic E-state index is 10.6. The molecule has 0 saturated carbocycles. The minimum atomic E-state index is -1.03.